The first-order valence-corrected chi connectivity index (χ1v) is 7.77. The third kappa shape index (κ3) is 2.77. The molecule has 5 heteroatoms. The summed E-state index contributed by atoms with van der Waals surface area (Å²) in [5.41, 5.74) is 7.72. The van der Waals surface area contributed by atoms with Crippen LogP contribution in [0.15, 0.2) is 24.7 Å². The summed E-state index contributed by atoms with van der Waals surface area (Å²) in [6, 6.07) is 4.17. The maximum absolute atomic E-state index is 11.5. The SMILES string of the molecule is CCC(C(N)=O)C1CCC(c2ccc3ncnn3c2)CC1. The van der Waals surface area contributed by atoms with Crippen molar-refractivity contribution < 1.29 is 4.79 Å². The van der Waals surface area contributed by atoms with Crippen molar-refractivity contribution >= 4 is 11.6 Å². The molecule has 21 heavy (non-hydrogen) atoms. The Morgan fingerprint density at radius 3 is 2.81 bits per heavy atom. The lowest BCUT2D eigenvalue weighted by Crippen LogP contribution is -2.31. The highest BCUT2D eigenvalue weighted by molar-refractivity contribution is 5.76. The van der Waals surface area contributed by atoms with E-state index < -0.39 is 0 Å². The Bertz CT molecular complexity index is 628. The molecule has 0 aromatic carbocycles. The fourth-order valence-electron chi connectivity index (χ4n) is 3.70. The Labute approximate surface area is 124 Å². The van der Waals surface area contributed by atoms with Crippen molar-refractivity contribution in [2.75, 3.05) is 0 Å². The summed E-state index contributed by atoms with van der Waals surface area (Å²) in [7, 11) is 0. The zero-order valence-corrected chi connectivity index (χ0v) is 12.4. The van der Waals surface area contributed by atoms with Crippen molar-refractivity contribution in [2.45, 2.75) is 44.9 Å². The van der Waals surface area contributed by atoms with Crippen molar-refractivity contribution in [3.8, 4) is 0 Å². The van der Waals surface area contributed by atoms with Gasteiger partial charge in [0, 0.05) is 12.1 Å². The van der Waals surface area contributed by atoms with Gasteiger partial charge >= 0.3 is 0 Å². The largest absolute Gasteiger partial charge is 0.369 e. The summed E-state index contributed by atoms with van der Waals surface area (Å²) in [6.45, 7) is 2.06. The van der Waals surface area contributed by atoms with Crippen LogP contribution in [0.25, 0.3) is 5.65 Å². The van der Waals surface area contributed by atoms with E-state index in [1.165, 1.54) is 5.56 Å². The smallest absolute Gasteiger partial charge is 0.220 e. The van der Waals surface area contributed by atoms with Crippen LogP contribution >= 0.6 is 0 Å². The van der Waals surface area contributed by atoms with Crippen LogP contribution in [0.5, 0.6) is 0 Å². The number of nitrogens with two attached hydrogens (primary N) is 1. The van der Waals surface area contributed by atoms with Gasteiger partial charge in [-0.3, -0.25) is 4.79 Å². The Morgan fingerprint density at radius 2 is 2.14 bits per heavy atom. The number of amides is 1. The number of primary amides is 1. The lowest BCUT2D eigenvalue weighted by molar-refractivity contribution is -0.124. The van der Waals surface area contributed by atoms with Gasteiger partial charge in [0.15, 0.2) is 5.65 Å². The number of carbonyl (C=O) groups excluding carboxylic acids is 1. The second kappa shape index (κ2) is 5.84. The first-order chi connectivity index (χ1) is 10.2. The van der Waals surface area contributed by atoms with E-state index in [-0.39, 0.29) is 11.8 Å². The van der Waals surface area contributed by atoms with Gasteiger partial charge in [0.25, 0.3) is 0 Å². The van der Waals surface area contributed by atoms with Gasteiger partial charge in [-0.05, 0) is 55.6 Å². The highest BCUT2D eigenvalue weighted by Crippen LogP contribution is 2.39. The van der Waals surface area contributed by atoms with Crippen LogP contribution in [0.4, 0.5) is 0 Å². The quantitative estimate of drug-likeness (QED) is 0.938. The van der Waals surface area contributed by atoms with E-state index >= 15 is 0 Å². The Balaban J connectivity index is 1.68. The van der Waals surface area contributed by atoms with Crippen molar-refractivity contribution in [3.63, 3.8) is 0 Å². The molecule has 5 nitrogen and oxygen atoms in total. The normalized spacial score (nSPS) is 24.0. The van der Waals surface area contributed by atoms with Crippen molar-refractivity contribution in [1.29, 1.82) is 0 Å². The molecule has 2 N–H and O–H groups in total. The minimum Gasteiger partial charge on any atom is -0.369 e. The van der Waals surface area contributed by atoms with Crippen LogP contribution in [0.1, 0.15) is 50.5 Å². The first-order valence-electron chi connectivity index (χ1n) is 7.77. The molecule has 2 aromatic rings. The average molecular weight is 286 g/mol. The molecule has 1 fully saturated rings. The van der Waals surface area contributed by atoms with Crippen molar-refractivity contribution in [3.05, 3.63) is 30.2 Å². The van der Waals surface area contributed by atoms with Gasteiger partial charge < -0.3 is 5.73 Å². The second-order valence-corrected chi connectivity index (χ2v) is 6.05. The molecule has 2 heterocycles. The maximum Gasteiger partial charge on any atom is 0.220 e. The van der Waals surface area contributed by atoms with E-state index in [1.807, 2.05) is 10.6 Å². The number of aromatic nitrogens is 3. The van der Waals surface area contributed by atoms with Crippen LogP contribution in [0.2, 0.25) is 0 Å². The highest BCUT2D eigenvalue weighted by Gasteiger charge is 2.30. The van der Waals surface area contributed by atoms with Gasteiger partial charge in [0.1, 0.15) is 6.33 Å². The van der Waals surface area contributed by atoms with Gasteiger partial charge in [0.05, 0.1) is 0 Å². The predicted octanol–water partition coefficient (Wildman–Crippen LogP) is 2.51. The minimum atomic E-state index is -0.134. The fraction of sp³-hybridized carbons (Fsp3) is 0.562. The molecule has 0 bridgehead atoms. The average Bonchev–Trinajstić information content (AvgIpc) is 2.95. The van der Waals surface area contributed by atoms with E-state index in [1.54, 1.807) is 6.33 Å². The molecule has 2 aromatic heterocycles. The summed E-state index contributed by atoms with van der Waals surface area (Å²) < 4.78 is 1.83. The highest BCUT2D eigenvalue weighted by atomic mass is 16.1. The second-order valence-electron chi connectivity index (χ2n) is 6.05. The predicted molar refractivity (Wildman–Crippen MR) is 80.7 cm³/mol. The number of carbonyl (C=O) groups is 1. The number of fused-ring (bicyclic) bond motifs is 1. The molecule has 3 rings (SSSR count). The molecule has 1 unspecified atom stereocenters. The van der Waals surface area contributed by atoms with Gasteiger partial charge in [-0.25, -0.2) is 9.50 Å². The van der Waals surface area contributed by atoms with Crippen LogP contribution in [-0.4, -0.2) is 20.5 Å². The molecular formula is C16H22N4O. The van der Waals surface area contributed by atoms with Crippen LogP contribution in [-0.2, 0) is 4.79 Å². The molecule has 1 aliphatic carbocycles. The maximum atomic E-state index is 11.5. The van der Waals surface area contributed by atoms with Crippen molar-refractivity contribution in [2.24, 2.45) is 17.6 Å². The molecule has 112 valence electrons. The lowest BCUT2D eigenvalue weighted by Gasteiger charge is -2.32. The molecule has 0 aliphatic heterocycles. The summed E-state index contributed by atoms with van der Waals surface area (Å²) in [4.78, 5) is 15.7. The topological polar surface area (TPSA) is 73.3 Å². The number of hydrogen-bond acceptors (Lipinski definition) is 3. The van der Waals surface area contributed by atoms with Crippen LogP contribution in [0.3, 0.4) is 0 Å². The van der Waals surface area contributed by atoms with E-state index in [9.17, 15) is 4.79 Å². The Hall–Kier alpha value is -1.91. The summed E-state index contributed by atoms with van der Waals surface area (Å²) >= 11 is 0. The number of rotatable bonds is 4. The summed E-state index contributed by atoms with van der Waals surface area (Å²) in [5.74, 6) is 0.924. The molecule has 1 saturated carbocycles. The van der Waals surface area contributed by atoms with Gasteiger partial charge in [0.2, 0.25) is 5.91 Å². The third-order valence-corrected chi connectivity index (χ3v) is 4.91. The molecule has 0 saturated heterocycles. The van der Waals surface area contributed by atoms with E-state index in [4.69, 9.17) is 5.73 Å². The third-order valence-electron chi connectivity index (χ3n) is 4.91. The summed E-state index contributed by atoms with van der Waals surface area (Å²) in [5, 5.41) is 4.20. The Kier molecular flexibility index (Phi) is 3.90. The van der Waals surface area contributed by atoms with E-state index in [0.29, 0.717) is 11.8 Å². The first kappa shape index (κ1) is 14.0. The lowest BCUT2D eigenvalue weighted by atomic mass is 9.73. The van der Waals surface area contributed by atoms with Gasteiger partial charge in [-0.2, -0.15) is 5.10 Å². The molecule has 0 spiro atoms. The monoisotopic (exact) mass is 286 g/mol. The number of nitrogens with zero attached hydrogens (tertiary/aromatic N) is 3. The van der Waals surface area contributed by atoms with Gasteiger partial charge in [-0.1, -0.05) is 13.0 Å². The molecule has 1 atom stereocenters. The molecular weight excluding hydrogens is 264 g/mol. The molecule has 1 amide bonds. The number of hydrogen-bond donors (Lipinski definition) is 1. The fourth-order valence-corrected chi connectivity index (χ4v) is 3.70. The zero-order valence-electron chi connectivity index (χ0n) is 12.4. The Morgan fingerprint density at radius 1 is 1.38 bits per heavy atom. The van der Waals surface area contributed by atoms with E-state index in [2.05, 4.69) is 29.3 Å². The minimum absolute atomic E-state index is 0.0451. The molecule has 0 radical (unpaired) electrons. The van der Waals surface area contributed by atoms with E-state index in [0.717, 1.165) is 37.8 Å². The van der Waals surface area contributed by atoms with Crippen molar-refractivity contribution in [1.82, 2.24) is 14.6 Å². The zero-order chi connectivity index (χ0) is 14.8. The number of pyridine rings is 1. The van der Waals surface area contributed by atoms with Crippen LogP contribution in [0, 0.1) is 11.8 Å². The summed E-state index contributed by atoms with van der Waals surface area (Å²) in [6.07, 6.45) is 8.93. The van der Waals surface area contributed by atoms with Crippen LogP contribution < -0.4 is 5.73 Å². The van der Waals surface area contributed by atoms with Gasteiger partial charge in [-0.15, -0.1) is 0 Å². The standard InChI is InChI=1S/C16H22N4O/c1-2-14(16(17)21)12-5-3-11(4-6-12)13-7-8-15-18-10-19-20(15)9-13/h7-12,14H,2-6H2,1H3,(H2,17,21). The molecule has 1 aliphatic rings.